The summed E-state index contributed by atoms with van der Waals surface area (Å²) < 4.78 is 85.1. The molecule has 0 unspecified atom stereocenters. The van der Waals surface area contributed by atoms with Gasteiger partial charge in [-0.15, -0.1) is 0 Å². The summed E-state index contributed by atoms with van der Waals surface area (Å²) in [7, 11) is 0. The van der Waals surface area contributed by atoms with Gasteiger partial charge in [0.05, 0.1) is 5.69 Å². The van der Waals surface area contributed by atoms with E-state index in [1.165, 1.54) is 0 Å². The first-order chi connectivity index (χ1) is 7.64. The lowest BCUT2D eigenvalue weighted by Gasteiger charge is -2.16. The number of hydrogen-bond acceptors (Lipinski definition) is 1. The number of hydrogen-bond donors (Lipinski definition) is 0. The first-order valence-corrected chi connectivity index (χ1v) is 4.09. The van der Waals surface area contributed by atoms with Gasteiger partial charge in [0.1, 0.15) is 5.82 Å². The third kappa shape index (κ3) is 2.95. The Hall–Kier alpha value is -1.60. The molecule has 17 heavy (non-hydrogen) atoms. The van der Waals surface area contributed by atoms with Crippen LogP contribution < -0.4 is 0 Å². The SMILES string of the molecule is FC(=Nc1cccc(F)c1)C(F)(F)C(F)(F)F. The van der Waals surface area contributed by atoms with Crippen LogP contribution in [0, 0.1) is 5.82 Å². The van der Waals surface area contributed by atoms with Crippen molar-refractivity contribution in [2.75, 3.05) is 0 Å². The number of nitrogens with zero attached hydrogens (tertiary/aromatic N) is 1. The Kier molecular flexibility index (Phi) is 3.44. The van der Waals surface area contributed by atoms with Crippen molar-refractivity contribution in [3.8, 4) is 0 Å². The summed E-state index contributed by atoms with van der Waals surface area (Å²) in [6, 6.07) is 3.30. The quantitative estimate of drug-likeness (QED) is 0.561. The lowest BCUT2D eigenvalue weighted by molar-refractivity contribution is -0.252. The molecule has 0 aliphatic heterocycles. The molecule has 1 aromatic carbocycles. The summed E-state index contributed by atoms with van der Waals surface area (Å²) in [5.74, 6) is -9.57. The van der Waals surface area contributed by atoms with Crippen LogP contribution in [0.4, 0.5) is 36.4 Å². The van der Waals surface area contributed by atoms with Crippen molar-refractivity contribution < 1.29 is 30.7 Å². The summed E-state index contributed by atoms with van der Waals surface area (Å²) in [5, 5.41) is 0. The zero-order valence-electron chi connectivity index (χ0n) is 7.90. The van der Waals surface area contributed by atoms with Gasteiger partial charge >= 0.3 is 12.1 Å². The second kappa shape index (κ2) is 4.34. The molecule has 0 radical (unpaired) electrons. The molecule has 0 aliphatic rings. The summed E-state index contributed by atoms with van der Waals surface area (Å²) in [4.78, 5) is 2.40. The van der Waals surface area contributed by atoms with Crippen LogP contribution in [0.3, 0.4) is 0 Å². The molecule has 1 nitrogen and oxygen atoms in total. The molecule has 0 fully saturated rings. The minimum atomic E-state index is -6.09. The molecule has 0 saturated heterocycles. The van der Waals surface area contributed by atoms with E-state index in [4.69, 9.17) is 0 Å². The fourth-order valence-corrected chi connectivity index (χ4v) is 0.846. The predicted octanol–water partition coefficient (Wildman–Crippen LogP) is 4.02. The van der Waals surface area contributed by atoms with E-state index < -0.39 is 29.6 Å². The van der Waals surface area contributed by atoms with Crippen molar-refractivity contribution in [1.29, 1.82) is 0 Å². The molecule has 8 heteroatoms. The second-order valence-corrected chi connectivity index (χ2v) is 2.95. The number of halogens is 7. The van der Waals surface area contributed by atoms with Crippen LogP contribution in [0.1, 0.15) is 0 Å². The molecule has 0 spiro atoms. The molecule has 0 aromatic heterocycles. The molecule has 0 saturated carbocycles. The average molecular weight is 259 g/mol. The van der Waals surface area contributed by atoms with Crippen LogP contribution in [0.15, 0.2) is 29.3 Å². The minimum Gasteiger partial charge on any atom is -0.218 e. The highest BCUT2D eigenvalue weighted by molar-refractivity contribution is 5.85. The van der Waals surface area contributed by atoms with Crippen LogP contribution in [-0.4, -0.2) is 18.1 Å². The van der Waals surface area contributed by atoms with Crippen LogP contribution in [-0.2, 0) is 0 Å². The number of aliphatic imine (C=N–C) groups is 1. The Labute approximate surface area is 90.6 Å². The summed E-state index contributed by atoms with van der Waals surface area (Å²) >= 11 is 0. The van der Waals surface area contributed by atoms with Crippen LogP contribution in [0.5, 0.6) is 0 Å². The van der Waals surface area contributed by atoms with Gasteiger partial charge in [-0.3, -0.25) is 0 Å². The van der Waals surface area contributed by atoms with Crippen LogP contribution in [0.2, 0.25) is 0 Å². The molecule has 0 atom stereocenters. The van der Waals surface area contributed by atoms with Gasteiger partial charge in [0.2, 0.25) is 0 Å². The first kappa shape index (κ1) is 13.5. The Morgan fingerprint density at radius 3 is 2.12 bits per heavy atom. The molecule has 0 bridgehead atoms. The molecule has 1 aromatic rings. The summed E-state index contributed by atoms with van der Waals surface area (Å²) in [6.45, 7) is 0. The molecular weight excluding hydrogens is 255 g/mol. The maximum absolute atomic E-state index is 12.7. The normalized spacial score (nSPS) is 13.9. The maximum atomic E-state index is 12.7. The van der Waals surface area contributed by atoms with Gasteiger partial charge in [-0.1, -0.05) is 6.07 Å². The molecule has 0 amide bonds. The Morgan fingerprint density at radius 2 is 1.65 bits per heavy atom. The van der Waals surface area contributed by atoms with Gasteiger partial charge < -0.3 is 0 Å². The lowest BCUT2D eigenvalue weighted by Crippen LogP contribution is -2.42. The molecule has 0 N–H and O–H groups in total. The van der Waals surface area contributed by atoms with Crippen molar-refractivity contribution in [1.82, 2.24) is 0 Å². The van der Waals surface area contributed by atoms with E-state index in [0.717, 1.165) is 18.2 Å². The van der Waals surface area contributed by atoms with Gasteiger partial charge in [0.25, 0.3) is 5.97 Å². The average Bonchev–Trinajstić information content (AvgIpc) is 2.15. The molecule has 1 rings (SSSR count). The fourth-order valence-electron chi connectivity index (χ4n) is 0.846. The number of benzene rings is 1. The smallest absolute Gasteiger partial charge is 0.218 e. The Balaban J connectivity index is 3.09. The first-order valence-electron chi connectivity index (χ1n) is 4.09. The highest BCUT2D eigenvalue weighted by Gasteiger charge is 2.62. The lowest BCUT2D eigenvalue weighted by atomic mass is 10.3. The highest BCUT2D eigenvalue weighted by atomic mass is 19.4. The third-order valence-corrected chi connectivity index (χ3v) is 1.65. The van der Waals surface area contributed by atoms with E-state index in [2.05, 4.69) is 4.99 Å². The van der Waals surface area contributed by atoms with E-state index in [-0.39, 0.29) is 0 Å². The van der Waals surface area contributed by atoms with E-state index in [1.54, 1.807) is 0 Å². The van der Waals surface area contributed by atoms with Gasteiger partial charge in [0, 0.05) is 0 Å². The van der Waals surface area contributed by atoms with E-state index in [1.807, 2.05) is 0 Å². The zero-order valence-corrected chi connectivity index (χ0v) is 7.90. The summed E-state index contributed by atoms with van der Waals surface area (Å²) in [5.41, 5.74) is -0.675. The van der Waals surface area contributed by atoms with E-state index >= 15 is 0 Å². The van der Waals surface area contributed by atoms with Gasteiger partial charge in [-0.2, -0.15) is 26.3 Å². The fraction of sp³-hybridized carbons (Fsp3) is 0.222. The molecule has 0 aliphatic carbocycles. The van der Waals surface area contributed by atoms with Crippen LogP contribution >= 0.6 is 0 Å². The van der Waals surface area contributed by atoms with Crippen molar-refractivity contribution in [3.05, 3.63) is 30.1 Å². The largest absolute Gasteiger partial charge is 0.462 e. The molecule has 0 heterocycles. The second-order valence-electron chi connectivity index (χ2n) is 2.95. The van der Waals surface area contributed by atoms with Gasteiger partial charge in [-0.25, -0.2) is 9.38 Å². The van der Waals surface area contributed by atoms with E-state index in [9.17, 15) is 30.7 Å². The minimum absolute atomic E-state index is 0.520. The van der Waals surface area contributed by atoms with Crippen molar-refractivity contribution >= 4 is 11.7 Å². The van der Waals surface area contributed by atoms with Crippen LogP contribution in [0.25, 0.3) is 0 Å². The number of alkyl halides is 5. The van der Waals surface area contributed by atoms with Crippen molar-refractivity contribution in [2.24, 2.45) is 4.99 Å². The van der Waals surface area contributed by atoms with Crippen molar-refractivity contribution in [2.45, 2.75) is 12.1 Å². The maximum Gasteiger partial charge on any atom is 0.462 e. The van der Waals surface area contributed by atoms with E-state index in [0.29, 0.717) is 6.07 Å². The highest BCUT2D eigenvalue weighted by Crippen LogP contribution is 2.37. The molecular formula is C9H4F7N. The van der Waals surface area contributed by atoms with Crippen molar-refractivity contribution in [3.63, 3.8) is 0 Å². The van der Waals surface area contributed by atoms with Gasteiger partial charge in [-0.05, 0) is 18.2 Å². The third-order valence-electron chi connectivity index (χ3n) is 1.65. The predicted molar refractivity (Wildman–Crippen MR) is 45.6 cm³/mol. The number of rotatable bonds is 2. The Bertz CT molecular complexity index is 435. The Morgan fingerprint density at radius 1 is 1.06 bits per heavy atom. The molecule has 94 valence electrons. The standard InChI is InChI=1S/C9H4F7N/c10-5-2-1-3-6(4-5)17-7(11)8(12,13)9(14,15)16/h1-4H. The zero-order chi connectivity index (χ0) is 13.3. The van der Waals surface area contributed by atoms with Gasteiger partial charge in [0.15, 0.2) is 0 Å². The monoisotopic (exact) mass is 259 g/mol. The topological polar surface area (TPSA) is 12.4 Å². The summed E-state index contributed by atoms with van der Waals surface area (Å²) in [6.07, 6.45) is -6.09.